The van der Waals surface area contributed by atoms with Crippen molar-refractivity contribution in [1.82, 2.24) is 4.31 Å². The molecule has 1 aromatic rings. The molecule has 2 N–H and O–H groups in total. The SMILES string of the molecule is NCc1ccc(F)cc1S(=O)(=O)N1CC=CCC1. The van der Waals surface area contributed by atoms with Gasteiger partial charge in [-0.2, -0.15) is 4.31 Å². The van der Waals surface area contributed by atoms with Gasteiger partial charge in [-0.3, -0.25) is 0 Å². The summed E-state index contributed by atoms with van der Waals surface area (Å²) in [7, 11) is -3.67. The quantitative estimate of drug-likeness (QED) is 0.840. The third-order valence-electron chi connectivity index (χ3n) is 2.89. The van der Waals surface area contributed by atoms with Gasteiger partial charge in [-0.15, -0.1) is 0 Å². The Labute approximate surface area is 106 Å². The Kier molecular flexibility index (Phi) is 3.79. The zero-order chi connectivity index (χ0) is 13.2. The molecule has 6 heteroatoms. The van der Waals surface area contributed by atoms with Crippen LogP contribution in [0.25, 0.3) is 0 Å². The van der Waals surface area contributed by atoms with E-state index in [1.165, 1.54) is 16.4 Å². The number of benzene rings is 1. The van der Waals surface area contributed by atoms with Crippen LogP contribution in [-0.4, -0.2) is 25.8 Å². The molecule has 18 heavy (non-hydrogen) atoms. The molecule has 0 unspecified atom stereocenters. The number of nitrogens with zero attached hydrogens (tertiary/aromatic N) is 1. The molecular formula is C12H15FN2O2S. The van der Waals surface area contributed by atoms with E-state index in [0.29, 0.717) is 25.1 Å². The second-order valence-corrected chi connectivity index (χ2v) is 5.99. The van der Waals surface area contributed by atoms with E-state index in [4.69, 9.17) is 5.73 Å². The summed E-state index contributed by atoms with van der Waals surface area (Å²) in [6.45, 7) is 0.806. The highest BCUT2D eigenvalue weighted by Crippen LogP contribution is 2.22. The predicted octanol–water partition coefficient (Wildman–Crippen LogP) is 1.24. The molecule has 0 amide bonds. The molecule has 0 radical (unpaired) electrons. The average Bonchev–Trinajstić information content (AvgIpc) is 2.39. The van der Waals surface area contributed by atoms with Crippen LogP contribution < -0.4 is 5.73 Å². The van der Waals surface area contributed by atoms with Crippen LogP contribution >= 0.6 is 0 Å². The third kappa shape index (κ3) is 2.45. The number of halogens is 1. The maximum absolute atomic E-state index is 13.2. The van der Waals surface area contributed by atoms with E-state index in [1.54, 1.807) is 6.08 Å². The smallest absolute Gasteiger partial charge is 0.243 e. The Balaban J connectivity index is 2.46. The minimum absolute atomic E-state index is 0.0275. The van der Waals surface area contributed by atoms with Gasteiger partial charge in [0.05, 0.1) is 4.90 Å². The monoisotopic (exact) mass is 270 g/mol. The number of sulfonamides is 1. The van der Waals surface area contributed by atoms with E-state index in [2.05, 4.69) is 0 Å². The molecule has 0 saturated heterocycles. The summed E-state index contributed by atoms with van der Waals surface area (Å²) >= 11 is 0. The van der Waals surface area contributed by atoms with Gasteiger partial charge in [0.1, 0.15) is 5.82 Å². The van der Waals surface area contributed by atoms with Crippen molar-refractivity contribution in [3.63, 3.8) is 0 Å². The van der Waals surface area contributed by atoms with Gasteiger partial charge in [-0.05, 0) is 24.1 Å². The Bertz CT molecular complexity index is 569. The van der Waals surface area contributed by atoms with E-state index >= 15 is 0 Å². The first kappa shape index (κ1) is 13.2. The minimum atomic E-state index is -3.67. The van der Waals surface area contributed by atoms with Gasteiger partial charge in [0.2, 0.25) is 10.0 Å². The van der Waals surface area contributed by atoms with Crippen LogP contribution in [0.1, 0.15) is 12.0 Å². The van der Waals surface area contributed by atoms with Crippen LogP contribution in [0.5, 0.6) is 0 Å². The molecule has 0 bridgehead atoms. The molecule has 1 aromatic carbocycles. The Morgan fingerprint density at radius 2 is 2.11 bits per heavy atom. The van der Waals surface area contributed by atoms with Crippen molar-refractivity contribution in [3.8, 4) is 0 Å². The Hall–Kier alpha value is -1.24. The maximum atomic E-state index is 13.2. The summed E-state index contributed by atoms with van der Waals surface area (Å²) in [6, 6.07) is 3.68. The van der Waals surface area contributed by atoms with Crippen LogP contribution in [0, 0.1) is 5.82 Å². The summed E-state index contributed by atoms with van der Waals surface area (Å²) in [5, 5.41) is 0. The van der Waals surface area contributed by atoms with E-state index in [1.807, 2.05) is 6.08 Å². The molecule has 0 spiro atoms. The highest BCUT2D eigenvalue weighted by atomic mass is 32.2. The molecule has 0 atom stereocenters. The van der Waals surface area contributed by atoms with E-state index in [-0.39, 0.29) is 11.4 Å². The first-order valence-corrected chi connectivity index (χ1v) is 7.13. The number of hydrogen-bond acceptors (Lipinski definition) is 3. The lowest BCUT2D eigenvalue weighted by molar-refractivity contribution is 0.436. The van der Waals surface area contributed by atoms with Gasteiger partial charge in [-0.25, -0.2) is 12.8 Å². The van der Waals surface area contributed by atoms with Gasteiger partial charge < -0.3 is 5.73 Å². The molecule has 4 nitrogen and oxygen atoms in total. The fourth-order valence-corrected chi connectivity index (χ4v) is 3.56. The van der Waals surface area contributed by atoms with Crippen LogP contribution in [0.2, 0.25) is 0 Å². The molecule has 1 aliphatic rings. The van der Waals surface area contributed by atoms with Gasteiger partial charge in [-0.1, -0.05) is 18.2 Å². The van der Waals surface area contributed by atoms with E-state index < -0.39 is 15.8 Å². The first-order chi connectivity index (χ1) is 8.55. The zero-order valence-corrected chi connectivity index (χ0v) is 10.7. The number of hydrogen-bond donors (Lipinski definition) is 1. The molecule has 2 rings (SSSR count). The standard InChI is InChI=1S/C12H15FN2O2S/c13-11-5-4-10(9-14)12(8-11)18(16,17)15-6-2-1-3-7-15/h1-2,4-5,8H,3,6-7,9,14H2. The van der Waals surface area contributed by atoms with Crippen LogP contribution in [-0.2, 0) is 16.6 Å². The lowest BCUT2D eigenvalue weighted by Gasteiger charge is -2.23. The van der Waals surface area contributed by atoms with Crippen LogP contribution in [0.15, 0.2) is 35.2 Å². The third-order valence-corrected chi connectivity index (χ3v) is 4.84. The molecule has 0 fully saturated rings. The van der Waals surface area contributed by atoms with Crippen LogP contribution in [0.4, 0.5) is 4.39 Å². The fourth-order valence-electron chi connectivity index (χ4n) is 1.91. The second kappa shape index (κ2) is 5.17. The van der Waals surface area contributed by atoms with Gasteiger partial charge >= 0.3 is 0 Å². The van der Waals surface area contributed by atoms with Gasteiger partial charge in [0.25, 0.3) is 0 Å². The highest BCUT2D eigenvalue weighted by Gasteiger charge is 2.26. The summed E-state index contributed by atoms with van der Waals surface area (Å²) in [5.74, 6) is -0.571. The van der Waals surface area contributed by atoms with Crippen molar-refractivity contribution >= 4 is 10.0 Å². The number of rotatable bonds is 3. The van der Waals surface area contributed by atoms with Crippen LogP contribution in [0.3, 0.4) is 0 Å². The Morgan fingerprint density at radius 1 is 1.33 bits per heavy atom. The summed E-state index contributed by atoms with van der Waals surface area (Å²) < 4.78 is 39.4. The minimum Gasteiger partial charge on any atom is -0.326 e. The van der Waals surface area contributed by atoms with Crippen molar-refractivity contribution in [2.24, 2.45) is 5.73 Å². The van der Waals surface area contributed by atoms with Gasteiger partial charge in [0.15, 0.2) is 0 Å². The lowest BCUT2D eigenvalue weighted by Crippen LogP contribution is -2.34. The first-order valence-electron chi connectivity index (χ1n) is 5.69. The normalized spacial score (nSPS) is 17.0. The van der Waals surface area contributed by atoms with E-state index in [9.17, 15) is 12.8 Å². The average molecular weight is 270 g/mol. The molecule has 0 aromatic heterocycles. The zero-order valence-electron chi connectivity index (χ0n) is 9.84. The summed E-state index contributed by atoms with van der Waals surface area (Å²) in [6.07, 6.45) is 4.40. The van der Waals surface area contributed by atoms with E-state index in [0.717, 1.165) is 6.07 Å². The molecule has 1 aliphatic heterocycles. The van der Waals surface area contributed by atoms with Crippen molar-refractivity contribution < 1.29 is 12.8 Å². The molecule has 98 valence electrons. The summed E-state index contributed by atoms with van der Waals surface area (Å²) in [4.78, 5) is -0.0275. The predicted molar refractivity (Wildman–Crippen MR) is 66.8 cm³/mol. The van der Waals surface area contributed by atoms with Gasteiger partial charge in [0, 0.05) is 19.6 Å². The topological polar surface area (TPSA) is 63.4 Å². The molecule has 1 heterocycles. The largest absolute Gasteiger partial charge is 0.326 e. The van der Waals surface area contributed by atoms with Crippen molar-refractivity contribution in [1.29, 1.82) is 0 Å². The highest BCUT2D eigenvalue weighted by molar-refractivity contribution is 7.89. The fraction of sp³-hybridized carbons (Fsp3) is 0.333. The second-order valence-electron chi connectivity index (χ2n) is 4.08. The van der Waals surface area contributed by atoms with Crippen molar-refractivity contribution in [3.05, 3.63) is 41.7 Å². The number of nitrogens with two attached hydrogens (primary N) is 1. The maximum Gasteiger partial charge on any atom is 0.243 e. The molecular weight excluding hydrogens is 255 g/mol. The van der Waals surface area contributed by atoms with Crippen molar-refractivity contribution in [2.45, 2.75) is 17.9 Å². The Morgan fingerprint density at radius 3 is 2.72 bits per heavy atom. The lowest BCUT2D eigenvalue weighted by atomic mass is 10.2. The summed E-state index contributed by atoms with van der Waals surface area (Å²) in [5.41, 5.74) is 5.94. The molecule has 0 aliphatic carbocycles. The van der Waals surface area contributed by atoms with Crippen molar-refractivity contribution in [2.75, 3.05) is 13.1 Å². The molecule has 0 saturated carbocycles.